The van der Waals surface area contributed by atoms with E-state index in [2.05, 4.69) is 15.2 Å². The van der Waals surface area contributed by atoms with Gasteiger partial charge in [0.15, 0.2) is 0 Å². The molecule has 0 radical (unpaired) electrons. The summed E-state index contributed by atoms with van der Waals surface area (Å²) in [5, 5.41) is 2.76. The first-order valence-electron chi connectivity index (χ1n) is 6.66. The van der Waals surface area contributed by atoms with Gasteiger partial charge in [-0.25, -0.2) is 0 Å². The number of carbonyl (C=O) groups excluding carboxylic acids is 1. The van der Waals surface area contributed by atoms with E-state index in [4.69, 9.17) is 5.73 Å². The van der Waals surface area contributed by atoms with Crippen LogP contribution in [-0.4, -0.2) is 35.9 Å². The fourth-order valence-electron chi connectivity index (χ4n) is 2.67. The highest BCUT2D eigenvalue weighted by molar-refractivity contribution is 5.82. The molecule has 1 aromatic heterocycles. The van der Waals surface area contributed by atoms with Gasteiger partial charge in [-0.05, 0) is 37.6 Å². The molecule has 0 bridgehead atoms. The third-order valence-corrected chi connectivity index (χ3v) is 3.82. The predicted molar refractivity (Wildman–Crippen MR) is 74.2 cm³/mol. The number of likely N-dealkylation sites (tertiary alicyclic amines) is 1. The molecule has 1 fully saturated rings. The molecule has 0 spiro atoms. The second kappa shape index (κ2) is 5.67. The third-order valence-electron chi connectivity index (χ3n) is 3.82. The van der Waals surface area contributed by atoms with Crippen molar-refractivity contribution in [1.29, 1.82) is 0 Å². The molecule has 1 aliphatic heterocycles. The van der Waals surface area contributed by atoms with Gasteiger partial charge >= 0.3 is 0 Å². The lowest BCUT2D eigenvalue weighted by molar-refractivity contribution is -0.129. The van der Waals surface area contributed by atoms with E-state index in [9.17, 15) is 4.79 Å². The number of rotatable bonds is 4. The molecule has 3 N–H and O–H groups in total. The Morgan fingerprint density at radius 3 is 3.11 bits per heavy atom. The minimum atomic E-state index is -0.265. The lowest BCUT2D eigenvalue weighted by Crippen LogP contribution is -2.39. The van der Waals surface area contributed by atoms with Crippen molar-refractivity contribution in [3.05, 3.63) is 29.6 Å². The Kier molecular flexibility index (Phi) is 4.17. The number of nitrogens with one attached hydrogen (secondary N) is 1. The maximum absolute atomic E-state index is 11.9. The second-order valence-electron chi connectivity index (χ2n) is 5.46. The van der Waals surface area contributed by atoms with Gasteiger partial charge in [-0.2, -0.15) is 0 Å². The van der Waals surface area contributed by atoms with Gasteiger partial charge in [0.2, 0.25) is 5.91 Å². The minimum Gasteiger partial charge on any atom is -0.359 e. The highest BCUT2D eigenvalue weighted by Crippen LogP contribution is 2.30. The van der Waals surface area contributed by atoms with E-state index in [1.54, 1.807) is 13.2 Å². The molecular weight excluding hydrogens is 240 g/mol. The first-order valence-corrected chi connectivity index (χ1v) is 6.66. The molecule has 1 amide bonds. The van der Waals surface area contributed by atoms with E-state index in [1.165, 1.54) is 5.56 Å². The van der Waals surface area contributed by atoms with Gasteiger partial charge in [0.05, 0.1) is 11.1 Å². The topological polar surface area (TPSA) is 71.2 Å². The zero-order valence-corrected chi connectivity index (χ0v) is 11.6. The summed E-state index contributed by atoms with van der Waals surface area (Å²) in [5.41, 5.74) is 7.45. The van der Waals surface area contributed by atoms with Gasteiger partial charge in [-0.15, -0.1) is 0 Å². The lowest BCUT2D eigenvalue weighted by atomic mass is 9.89. The first-order chi connectivity index (χ1) is 9.07. The average molecular weight is 262 g/mol. The van der Waals surface area contributed by atoms with Crippen molar-refractivity contribution in [2.45, 2.75) is 26.4 Å². The fraction of sp³-hybridized carbons (Fsp3) is 0.571. The standard InChI is InChI=1S/C14H22N4O/c1-14(13(19)16-2)4-6-18(10-14)9-11-3-5-17-12(7-11)8-15/h3,5,7H,4,6,8-10,15H2,1-2H3,(H,16,19). The highest BCUT2D eigenvalue weighted by Gasteiger charge is 2.39. The number of hydrogen-bond acceptors (Lipinski definition) is 4. The minimum absolute atomic E-state index is 0.132. The van der Waals surface area contributed by atoms with Gasteiger partial charge in [0, 0.05) is 32.9 Å². The summed E-state index contributed by atoms with van der Waals surface area (Å²) in [6, 6.07) is 4.05. The number of hydrogen-bond donors (Lipinski definition) is 2. The summed E-state index contributed by atoms with van der Waals surface area (Å²) in [5.74, 6) is 0.132. The molecule has 1 aromatic rings. The molecule has 19 heavy (non-hydrogen) atoms. The van der Waals surface area contributed by atoms with Crippen LogP contribution in [0.2, 0.25) is 0 Å². The van der Waals surface area contributed by atoms with Crippen molar-refractivity contribution >= 4 is 5.91 Å². The number of amides is 1. The van der Waals surface area contributed by atoms with E-state index in [1.807, 2.05) is 19.1 Å². The number of carbonyl (C=O) groups is 1. The normalized spacial score (nSPS) is 23.5. The summed E-state index contributed by atoms with van der Waals surface area (Å²) < 4.78 is 0. The zero-order chi connectivity index (χ0) is 13.9. The third kappa shape index (κ3) is 3.11. The van der Waals surface area contributed by atoms with Crippen LogP contribution in [0.4, 0.5) is 0 Å². The lowest BCUT2D eigenvalue weighted by Gasteiger charge is -2.22. The Bertz CT molecular complexity index is 463. The highest BCUT2D eigenvalue weighted by atomic mass is 16.2. The van der Waals surface area contributed by atoms with Crippen LogP contribution in [0.3, 0.4) is 0 Å². The van der Waals surface area contributed by atoms with Crippen LogP contribution in [0.5, 0.6) is 0 Å². The zero-order valence-electron chi connectivity index (χ0n) is 11.6. The number of nitrogens with two attached hydrogens (primary N) is 1. The van der Waals surface area contributed by atoms with Crippen LogP contribution >= 0.6 is 0 Å². The molecule has 0 aliphatic carbocycles. The molecule has 5 nitrogen and oxygen atoms in total. The molecule has 1 atom stereocenters. The van der Waals surface area contributed by atoms with Crippen molar-refractivity contribution in [3.8, 4) is 0 Å². The monoisotopic (exact) mass is 262 g/mol. The summed E-state index contributed by atoms with van der Waals surface area (Å²) in [7, 11) is 1.70. The summed E-state index contributed by atoms with van der Waals surface area (Å²) in [4.78, 5) is 18.4. The Balaban J connectivity index is 2.00. The number of nitrogens with zero attached hydrogens (tertiary/aromatic N) is 2. The smallest absolute Gasteiger partial charge is 0.227 e. The van der Waals surface area contributed by atoms with Crippen molar-refractivity contribution in [2.75, 3.05) is 20.1 Å². The Morgan fingerprint density at radius 1 is 1.63 bits per heavy atom. The molecule has 104 valence electrons. The Hall–Kier alpha value is -1.46. The van der Waals surface area contributed by atoms with Crippen molar-refractivity contribution in [1.82, 2.24) is 15.2 Å². The second-order valence-corrected chi connectivity index (χ2v) is 5.46. The van der Waals surface area contributed by atoms with Crippen molar-refractivity contribution in [3.63, 3.8) is 0 Å². The molecular formula is C14H22N4O. The maximum Gasteiger partial charge on any atom is 0.227 e. The van der Waals surface area contributed by atoms with Crippen LogP contribution in [0.15, 0.2) is 18.3 Å². The van der Waals surface area contributed by atoms with E-state index in [0.717, 1.165) is 31.7 Å². The average Bonchev–Trinajstić information content (AvgIpc) is 2.80. The van der Waals surface area contributed by atoms with E-state index < -0.39 is 0 Å². The first kappa shape index (κ1) is 14.0. The molecule has 0 aromatic carbocycles. The maximum atomic E-state index is 11.9. The SMILES string of the molecule is CNC(=O)C1(C)CCN(Cc2ccnc(CN)c2)C1. The van der Waals surface area contributed by atoms with Gasteiger partial charge in [-0.3, -0.25) is 14.7 Å². The van der Waals surface area contributed by atoms with Crippen LogP contribution in [0, 0.1) is 5.41 Å². The predicted octanol–water partition coefficient (Wildman–Crippen LogP) is 0.498. The van der Waals surface area contributed by atoms with Crippen LogP contribution < -0.4 is 11.1 Å². The molecule has 5 heteroatoms. The van der Waals surface area contributed by atoms with Gasteiger partial charge < -0.3 is 11.1 Å². The Morgan fingerprint density at radius 2 is 2.42 bits per heavy atom. The fourth-order valence-corrected chi connectivity index (χ4v) is 2.67. The molecule has 1 saturated heterocycles. The van der Waals surface area contributed by atoms with Crippen LogP contribution in [-0.2, 0) is 17.9 Å². The van der Waals surface area contributed by atoms with E-state index in [0.29, 0.717) is 6.54 Å². The summed E-state index contributed by atoms with van der Waals surface area (Å²) >= 11 is 0. The molecule has 2 rings (SSSR count). The van der Waals surface area contributed by atoms with Crippen LogP contribution in [0.25, 0.3) is 0 Å². The number of pyridine rings is 1. The van der Waals surface area contributed by atoms with E-state index in [-0.39, 0.29) is 11.3 Å². The van der Waals surface area contributed by atoms with Crippen LogP contribution in [0.1, 0.15) is 24.6 Å². The largest absolute Gasteiger partial charge is 0.359 e. The molecule has 1 unspecified atom stereocenters. The van der Waals surface area contributed by atoms with E-state index >= 15 is 0 Å². The molecule has 0 saturated carbocycles. The molecule has 2 heterocycles. The summed E-state index contributed by atoms with van der Waals surface area (Å²) in [6.07, 6.45) is 2.70. The van der Waals surface area contributed by atoms with Gasteiger partial charge in [0.25, 0.3) is 0 Å². The van der Waals surface area contributed by atoms with Gasteiger partial charge in [0.1, 0.15) is 0 Å². The van der Waals surface area contributed by atoms with Gasteiger partial charge in [-0.1, -0.05) is 0 Å². The van der Waals surface area contributed by atoms with Crippen molar-refractivity contribution < 1.29 is 4.79 Å². The Labute approximate surface area is 114 Å². The quantitative estimate of drug-likeness (QED) is 0.829. The van der Waals surface area contributed by atoms with Crippen molar-refractivity contribution in [2.24, 2.45) is 11.1 Å². The molecule has 1 aliphatic rings. The summed E-state index contributed by atoms with van der Waals surface area (Å²) in [6.45, 7) is 5.09. The number of aromatic nitrogens is 1.